The number of carbonyl (C=O) groups is 1. The summed E-state index contributed by atoms with van der Waals surface area (Å²) >= 11 is 18.2. The molecule has 5 nitrogen and oxygen atoms in total. The molecular weight excluding hydrogens is 435 g/mol. The lowest BCUT2D eigenvalue weighted by molar-refractivity contribution is 0.103. The number of ketones is 1. The van der Waals surface area contributed by atoms with E-state index in [9.17, 15) is 20.0 Å². The molecule has 29 heavy (non-hydrogen) atoms. The van der Waals surface area contributed by atoms with Gasteiger partial charge in [-0.15, -0.1) is 0 Å². The van der Waals surface area contributed by atoms with Crippen LogP contribution in [0.4, 0.5) is 0 Å². The molecule has 8 heteroatoms. The lowest BCUT2D eigenvalue weighted by Crippen LogP contribution is -2.27. The molecule has 0 spiro atoms. The Morgan fingerprint density at radius 3 is 2.45 bits per heavy atom. The first-order chi connectivity index (χ1) is 13.8. The number of carbonyl (C=O) groups excluding carboxylic acids is 1. The molecule has 0 fully saturated rings. The Bertz CT molecular complexity index is 1240. The van der Waals surface area contributed by atoms with Gasteiger partial charge in [0.2, 0.25) is 5.88 Å². The van der Waals surface area contributed by atoms with E-state index in [0.717, 1.165) is 4.57 Å². The minimum Gasteiger partial charge on any atom is -0.494 e. The summed E-state index contributed by atoms with van der Waals surface area (Å²) in [5.74, 6) is -1.20. The molecular formula is C21H13Cl3N2O3. The first kappa shape index (κ1) is 20.9. The van der Waals surface area contributed by atoms with Gasteiger partial charge in [-0.1, -0.05) is 53.0 Å². The summed E-state index contributed by atoms with van der Waals surface area (Å²) in [5.41, 5.74) is -0.452. The van der Waals surface area contributed by atoms with Crippen LogP contribution in [-0.2, 0) is 6.54 Å². The minimum atomic E-state index is -0.721. The molecule has 0 saturated carbocycles. The Morgan fingerprint density at radius 2 is 1.83 bits per heavy atom. The van der Waals surface area contributed by atoms with Gasteiger partial charge in [0.15, 0.2) is 5.78 Å². The summed E-state index contributed by atoms with van der Waals surface area (Å²) < 4.78 is 0.948. The van der Waals surface area contributed by atoms with E-state index >= 15 is 0 Å². The van der Waals surface area contributed by atoms with Crippen LogP contribution in [0.25, 0.3) is 0 Å². The molecule has 0 radical (unpaired) electrons. The van der Waals surface area contributed by atoms with E-state index in [-0.39, 0.29) is 33.8 Å². The lowest BCUT2D eigenvalue weighted by Gasteiger charge is -2.16. The Labute approximate surface area is 181 Å². The van der Waals surface area contributed by atoms with E-state index in [4.69, 9.17) is 34.8 Å². The SMILES string of the molecule is Cc1c(C(=O)c2ccc(Cl)cc2Cl)c(O)n(Cc2ccccc2Cl)c(=O)c1C#N. The van der Waals surface area contributed by atoms with E-state index in [1.54, 1.807) is 24.3 Å². The fourth-order valence-electron chi connectivity index (χ4n) is 2.97. The Hall–Kier alpha value is -2.78. The number of benzene rings is 2. The van der Waals surface area contributed by atoms with Gasteiger partial charge < -0.3 is 5.11 Å². The Balaban J connectivity index is 2.25. The van der Waals surface area contributed by atoms with Crippen molar-refractivity contribution in [3.63, 3.8) is 0 Å². The fourth-order valence-corrected chi connectivity index (χ4v) is 3.66. The largest absolute Gasteiger partial charge is 0.494 e. The van der Waals surface area contributed by atoms with Crippen LogP contribution < -0.4 is 5.56 Å². The Morgan fingerprint density at radius 1 is 1.14 bits per heavy atom. The molecule has 2 aromatic carbocycles. The number of halogens is 3. The molecule has 0 amide bonds. The summed E-state index contributed by atoms with van der Waals surface area (Å²) in [6.45, 7) is 1.31. The summed E-state index contributed by atoms with van der Waals surface area (Å²) in [6.07, 6.45) is 0. The second-order valence-electron chi connectivity index (χ2n) is 6.25. The number of nitrogens with zero attached hydrogens (tertiary/aromatic N) is 2. The van der Waals surface area contributed by atoms with Crippen LogP contribution in [0.1, 0.15) is 32.6 Å². The maximum absolute atomic E-state index is 13.1. The predicted molar refractivity (Wildman–Crippen MR) is 112 cm³/mol. The standard InChI is InChI=1S/C21H13Cl3N2O3/c1-11-15(9-25)20(28)26(10-12-4-2-3-5-16(12)23)21(29)18(11)19(27)14-7-6-13(22)8-17(14)24/h2-8,29H,10H2,1H3. The zero-order valence-electron chi connectivity index (χ0n) is 15.0. The van der Waals surface area contributed by atoms with Crippen molar-refractivity contribution in [2.24, 2.45) is 0 Å². The van der Waals surface area contributed by atoms with Gasteiger partial charge in [-0.2, -0.15) is 5.26 Å². The summed E-state index contributed by atoms with van der Waals surface area (Å²) in [7, 11) is 0. The van der Waals surface area contributed by atoms with E-state index < -0.39 is 17.2 Å². The van der Waals surface area contributed by atoms with Crippen LogP contribution >= 0.6 is 34.8 Å². The molecule has 1 N–H and O–H groups in total. The molecule has 0 aliphatic rings. The summed E-state index contributed by atoms with van der Waals surface area (Å²) in [6, 6.07) is 12.9. The van der Waals surface area contributed by atoms with Crippen molar-refractivity contribution in [2.45, 2.75) is 13.5 Å². The molecule has 0 unspecified atom stereocenters. The number of aromatic nitrogens is 1. The fraction of sp³-hybridized carbons (Fsp3) is 0.0952. The van der Waals surface area contributed by atoms with E-state index in [1.165, 1.54) is 25.1 Å². The van der Waals surface area contributed by atoms with Gasteiger partial charge in [-0.25, -0.2) is 0 Å². The number of pyridine rings is 1. The molecule has 0 atom stereocenters. The topological polar surface area (TPSA) is 83.1 Å². The maximum atomic E-state index is 13.1. The molecule has 3 rings (SSSR count). The second kappa shape index (κ2) is 8.30. The van der Waals surface area contributed by atoms with Gasteiger partial charge >= 0.3 is 0 Å². The quantitative estimate of drug-likeness (QED) is 0.572. The van der Waals surface area contributed by atoms with E-state index in [0.29, 0.717) is 15.6 Å². The minimum absolute atomic E-state index is 0.0708. The molecule has 0 aliphatic heterocycles. The molecule has 0 aliphatic carbocycles. The third-order valence-corrected chi connectivity index (χ3v) is 5.41. The summed E-state index contributed by atoms with van der Waals surface area (Å²) in [4.78, 5) is 25.9. The molecule has 1 aromatic heterocycles. The highest BCUT2D eigenvalue weighted by molar-refractivity contribution is 6.37. The number of hydrogen-bond donors (Lipinski definition) is 1. The van der Waals surface area contributed by atoms with Gasteiger partial charge in [-0.05, 0) is 42.3 Å². The zero-order valence-corrected chi connectivity index (χ0v) is 17.3. The first-order valence-electron chi connectivity index (χ1n) is 8.35. The van der Waals surface area contributed by atoms with E-state index in [2.05, 4.69) is 0 Å². The van der Waals surface area contributed by atoms with Crippen molar-refractivity contribution >= 4 is 40.6 Å². The number of aromatic hydroxyl groups is 1. The van der Waals surface area contributed by atoms with Crippen LogP contribution in [0.3, 0.4) is 0 Å². The van der Waals surface area contributed by atoms with Crippen LogP contribution in [0.2, 0.25) is 15.1 Å². The highest BCUT2D eigenvalue weighted by Crippen LogP contribution is 2.30. The Kier molecular flexibility index (Phi) is 5.99. The van der Waals surface area contributed by atoms with Gasteiger partial charge in [0.25, 0.3) is 5.56 Å². The second-order valence-corrected chi connectivity index (χ2v) is 7.50. The highest BCUT2D eigenvalue weighted by atomic mass is 35.5. The van der Waals surface area contributed by atoms with E-state index in [1.807, 2.05) is 6.07 Å². The van der Waals surface area contributed by atoms with Crippen LogP contribution in [0, 0.1) is 18.3 Å². The first-order valence-corrected chi connectivity index (χ1v) is 9.49. The van der Waals surface area contributed by atoms with Crippen LogP contribution in [0.15, 0.2) is 47.3 Å². The highest BCUT2D eigenvalue weighted by Gasteiger charge is 2.26. The van der Waals surface area contributed by atoms with Crippen molar-refractivity contribution in [1.29, 1.82) is 5.26 Å². The lowest BCUT2D eigenvalue weighted by atomic mass is 9.97. The third-order valence-electron chi connectivity index (χ3n) is 4.49. The maximum Gasteiger partial charge on any atom is 0.271 e. The number of hydrogen-bond acceptors (Lipinski definition) is 4. The monoisotopic (exact) mass is 446 g/mol. The normalized spacial score (nSPS) is 10.6. The molecule has 0 saturated heterocycles. The van der Waals surface area contributed by atoms with Crippen molar-refractivity contribution in [1.82, 2.24) is 4.57 Å². The van der Waals surface area contributed by atoms with Crippen molar-refractivity contribution in [3.05, 3.63) is 95.7 Å². The predicted octanol–water partition coefficient (Wildman–Crippen LogP) is 4.97. The number of rotatable bonds is 4. The molecule has 3 aromatic rings. The molecule has 1 heterocycles. The van der Waals surface area contributed by atoms with Crippen molar-refractivity contribution < 1.29 is 9.90 Å². The van der Waals surface area contributed by atoms with Crippen molar-refractivity contribution in [2.75, 3.05) is 0 Å². The van der Waals surface area contributed by atoms with Crippen molar-refractivity contribution in [3.8, 4) is 11.9 Å². The van der Waals surface area contributed by atoms with Gasteiger partial charge in [0, 0.05) is 15.6 Å². The smallest absolute Gasteiger partial charge is 0.271 e. The average Bonchev–Trinajstić information content (AvgIpc) is 2.66. The van der Waals surface area contributed by atoms with Gasteiger partial charge in [-0.3, -0.25) is 14.2 Å². The summed E-state index contributed by atoms with van der Waals surface area (Å²) in [5, 5.41) is 21.1. The molecule has 0 bridgehead atoms. The zero-order chi connectivity index (χ0) is 21.3. The third kappa shape index (κ3) is 3.88. The van der Waals surface area contributed by atoms with Crippen LogP contribution in [-0.4, -0.2) is 15.5 Å². The van der Waals surface area contributed by atoms with Crippen LogP contribution in [0.5, 0.6) is 5.88 Å². The average molecular weight is 448 g/mol. The van der Waals surface area contributed by atoms with Gasteiger partial charge in [0.1, 0.15) is 11.6 Å². The number of nitriles is 1. The molecule has 146 valence electrons. The van der Waals surface area contributed by atoms with Gasteiger partial charge in [0.05, 0.1) is 17.1 Å².